The number of para-hydroxylation sites is 1. The molecule has 1 heterocycles. The summed E-state index contributed by atoms with van der Waals surface area (Å²) in [4.78, 5) is 9.50. The molecular weight excluding hydrogens is 380 g/mol. The number of aromatic nitrogens is 2. The fourth-order valence-electron chi connectivity index (χ4n) is 4.13. The SMILES string of the molecule is NCC1CCCC(CNc2nc(C=Cc3cccc(Cl)c3)nc3ccccc23)C1. The first-order valence-corrected chi connectivity index (χ1v) is 10.7. The predicted octanol–water partition coefficient (Wildman–Crippen LogP) is 5.63. The Morgan fingerprint density at radius 1 is 1.03 bits per heavy atom. The van der Waals surface area contributed by atoms with Crippen molar-refractivity contribution in [1.29, 1.82) is 0 Å². The number of hydrogen-bond acceptors (Lipinski definition) is 4. The Kier molecular flexibility index (Phi) is 6.43. The van der Waals surface area contributed by atoms with Crippen molar-refractivity contribution in [2.24, 2.45) is 17.6 Å². The van der Waals surface area contributed by atoms with Crippen molar-refractivity contribution in [2.75, 3.05) is 18.4 Å². The van der Waals surface area contributed by atoms with Crippen LogP contribution in [0.2, 0.25) is 5.02 Å². The second kappa shape index (κ2) is 9.38. The van der Waals surface area contributed by atoms with E-state index in [1.54, 1.807) is 0 Å². The normalized spacial score (nSPS) is 19.7. The first-order chi connectivity index (χ1) is 14.2. The largest absolute Gasteiger partial charge is 0.369 e. The van der Waals surface area contributed by atoms with Crippen LogP contribution in [0.25, 0.3) is 23.1 Å². The molecular formula is C24H27ClN4. The lowest BCUT2D eigenvalue weighted by atomic mass is 9.81. The first-order valence-electron chi connectivity index (χ1n) is 10.4. The van der Waals surface area contributed by atoms with Crippen LogP contribution in [0, 0.1) is 11.8 Å². The molecule has 0 bridgehead atoms. The van der Waals surface area contributed by atoms with Gasteiger partial charge in [-0.15, -0.1) is 0 Å². The van der Waals surface area contributed by atoms with Crippen molar-refractivity contribution < 1.29 is 0 Å². The molecule has 1 saturated carbocycles. The van der Waals surface area contributed by atoms with E-state index in [-0.39, 0.29) is 0 Å². The quantitative estimate of drug-likeness (QED) is 0.556. The predicted molar refractivity (Wildman–Crippen MR) is 123 cm³/mol. The van der Waals surface area contributed by atoms with E-state index < -0.39 is 0 Å². The minimum Gasteiger partial charge on any atom is -0.369 e. The average molecular weight is 407 g/mol. The molecule has 1 aliphatic carbocycles. The maximum Gasteiger partial charge on any atom is 0.154 e. The van der Waals surface area contributed by atoms with Gasteiger partial charge in [0, 0.05) is 17.0 Å². The fraction of sp³-hybridized carbons (Fsp3) is 0.333. The molecule has 1 aromatic heterocycles. The molecule has 2 atom stereocenters. The van der Waals surface area contributed by atoms with E-state index in [4.69, 9.17) is 27.3 Å². The third-order valence-electron chi connectivity index (χ3n) is 5.68. The van der Waals surface area contributed by atoms with Crippen LogP contribution >= 0.6 is 11.6 Å². The number of nitrogens with two attached hydrogens (primary N) is 1. The molecule has 29 heavy (non-hydrogen) atoms. The molecule has 0 saturated heterocycles. The van der Waals surface area contributed by atoms with Crippen molar-refractivity contribution in [3.8, 4) is 0 Å². The van der Waals surface area contributed by atoms with Gasteiger partial charge in [0.1, 0.15) is 5.82 Å². The summed E-state index contributed by atoms with van der Waals surface area (Å²) in [7, 11) is 0. The molecule has 150 valence electrons. The monoisotopic (exact) mass is 406 g/mol. The van der Waals surface area contributed by atoms with Gasteiger partial charge in [0.15, 0.2) is 5.82 Å². The number of benzene rings is 2. The van der Waals surface area contributed by atoms with E-state index in [0.717, 1.165) is 40.4 Å². The second-order valence-corrected chi connectivity index (χ2v) is 8.29. The molecule has 4 nitrogen and oxygen atoms in total. The number of rotatable bonds is 6. The van der Waals surface area contributed by atoms with Crippen LogP contribution in [-0.2, 0) is 0 Å². The second-order valence-electron chi connectivity index (χ2n) is 7.85. The topological polar surface area (TPSA) is 63.8 Å². The standard InChI is InChI=1S/C24H27ClN4/c25-20-8-4-5-17(14-20)11-12-23-28-22-10-2-1-9-21(22)24(29-23)27-16-19-7-3-6-18(13-19)15-26/h1-2,4-5,8-12,14,18-19H,3,6-7,13,15-16,26H2,(H,27,28,29). The molecule has 1 aliphatic rings. The highest BCUT2D eigenvalue weighted by atomic mass is 35.5. The smallest absolute Gasteiger partial charge is 0.154 e. The van der Waals surface area contributed by atoms with Gasteiger partial charge in [0.05, 0.1) is 5.52 Å². The maximum atomic E-state index is 6.08. The van der Waals surface area contributed by atoms with E-state index in [2.05, 4.69) is 11.4 Å². The highest BCUT2D eigenvalue weighted by molar-refractivity contribution is 6.30. The maximum absolute atomic E-state index is 6.08. The van der Waals surface area contributed by atoms with E-state index in [9.17, 15) is 0 Å². The Hall–Kier alpha value is -2.43. The number of halogens is 1. The molecule has 2 unspecified atom stereocenters. The lowest BCUT2D eigenvalue weighted by molar-refractivity contribution is 0.281. The van der Waals surface area contributed by atoms with Gasteiger partial charge in [0.2, 0.25) is 0 Å². The molecule has 0 aliphatic heterocycles. The molecule has 5 heteroatoms. The fourth-order valence-corrected chi connectivity index (χ4v) is 4.33. The van der Waals surface area contributed by atoms with Gasteiger partial charge in [0.25, 0.3) is 0 Å². The van der Waals surface area contributed by atoms with Crippen molar-refractivity contribution in [2.45, 2.75) is 25.7 Å². The molecule has 3 N–H and O–H groups in total. The summed E-state index contributed by atoms with van der Waals surface area (Å²) in [5.74, 6) is 2.90. The highest BCUT2D eigenvalue weighted by Crippen LogP contribution is 2.29. The van der Waals surface area contributed by atoms with Crippen LogP contribution in [0.5, 0.6) is 0 Å². The van der Waals surface area contributed by atoms with E-state index in [0.29, 0.717) is 17.7 Å². The van der Waals surface area contributed by atoms with Crippen LogP contribution in [-0.4, -0.2) is 23.1 Å². The molecule has 2 aromatic carbocycles. The van der Waals surface area contributed by atoms with Crippen molar-refractivity contribution in [1.82, 2.24) is 9.97 Å². The Labute approximate surface area is 177 Å². The zero-order valence-corrected chi connectivity index (χ0v) is 17.3. The van der Waals surface area contributed by atoms with Gasteiger partial charge in [-0.25, -0.2) is 9.97 Å². The van der Waals surface area contributed by atoms with Gasteiger partial charge in [-0.1, -0.05) is 48.4 Å². The van der Waals surface area contributed by atoms with Crippen molar-refractivity contribution in [3.05, 3.63) is 64.9 Å². The Morgan fingerprint density at radius 3 is 2.76 bits per heavy atom. The van der Waals surface area contributed by atoms with Gasteiger partial charge < -0.3 is 11.1 Å². The summed E-state index contributed by atoms with van der Waals surface area (Å²) in [6.45, 7) is 1.72. The Bertz CT molecular complexity index is 1000. The Balaban J connectivity index is 1.56. The van der Waals surface area contributed by atoms with Crippen molar-refractivity contribution in [3.63, 3.8) is 0 Å². The number of anilines is 1. The molecule has 0 radical (unpaired) electrons. The molecule has 3 aromatic rings. The minimum atomic E-state index is 0.650. The molecule has 4 rings (SSSR count). The lowest BCUT2D eigenvalue weighted by Gasteiger charge is -2.28. The number of nitrogens with zero attached hydrogens (tertiary/aromatic N) is 2. The summed E-state index contributed by atoms with van der Waals surface area (Å²) < 4.78 is 0. The van der Waals surface area contributed by atoms with Gasteiger partial charge in [-0.05, 0) is 73.5 Å². The zero-order valence-electron chi connectivity index (χ0n) is 16.5. The van der Waals surface area contributed by atoms with Crippen molar-refractivity contribution >= 4 is 40.5 Å². The van der Waals surface area contributed by atoms with Gasteiger partial charge in [-0.2, -0.15) is 0 Å². The van der Waals surface area contributed by atoms with Gasteiger partial charge >= 0.3 is 0 Å². The Morgan fingerprint density at radius 2 is 1.90 bits per heavy atom. The summed E-state index contributed by atoms with van der Waals surface area (Å²) in [5, 5.41) is 5.38. The van der Waals surface area contributed by atoms with Crippen LogP contribution in [0.15, 0.2) is 48.5 Å². The number of nitrogens with one attached hydrogen (secondary N) is 1. The molecule has 0 spiro atoms. The summed E-state index contributed by atoms with van der Waals surface area (Å²) in [6.07, 6.45) is 8.93. The van der Waals surface area contributed by atoms with E-state index >= 15 is 0 Å². The van der Waals surface area contributed by atoms with Crippen LogP contribution in [0.3, 0.4) is 0 Å². The average Bonchev–Trinajstić information content (AvgIpc) is 2.76. The van der Waals surface area contributed by atoms with E-state index in [1.807, 2.05) is 54.6 Å². The number of hydrogen-bond donors (Lipinski definition) is 2. The first kappa shape index (κ1) is 19.9. The lowest BCUT2D eigenvalue weighted by Crippen LogP contribution is -2.26. The van der Waals surface area contributed by atoms with E-state index in [1.165, 1.54) is 25.7 Å². The summed E-state index contributed by atoms with van der Waals surface area (Å²) in [6, 6.07) is 15.9. The third kappa shape index (κ3) is 5.14. The zero-order chi connectivity index (χ0) is 20.1. The van der Waals surface area contributed by atoms with Crippen LogP contribution < -0.4 is 11.1 Å². The van der Waals surface area contributed by atoms with Crippen LogP contribution in [0.1, 0.15) is 37.1 Å². The number of fused-ring (bicyclic) bond motifs is 1. The summed E-state index contributed by atoms with van der Waals surface area (Å²) in [5.41, 5.74) is 7.87. The summed E-state index contributed by atoms with van der Waals surface area (Å²) >= 11 is 6.08. The third-order valence-corrected chi connectivity index (χ3v) is 5.91. The molecule has 0 amide bonds. The highest BCUT2D eigenvalue weighted by Gasteiger charge is 2.21. The van der Waals surface area contributed by atoms with Gasteiger partial charge in [-0.3, -0.25) is 0 Å². The van der Waals surface area contributed by atoms with Crippen LogP contribution in [0.4, 0.5) is 5.82 Å². The minimum absolute atomic E-state index is 0.650. The molecule has 1 fully saturated rings.